The Hall–Kier alpha value is -1.42. The first kappa shape index (κ1) is 49.6. The van der Waals surface area contributed by atoms with E-state index in [1.165, 1.54) is 77.0 Å². The molecule has 0 amide bonds. The SMILES string of the molecule is CCCCCC/C=C\C/C=C\CCCCCCCC(=O)OC(COCCCCCCCCCCCC)COC1OC(CO)C(O)C(OS(=O)(=O)O)C1O. The summed E-state index contributed by atoms with van der Waals surface area (Å²) in [7, 11) is -5.06. The van der Waals surface area contributed by atoms with Crippen LogP contribution in [-0.2, 0) is 38.3 Å². The summed E-state index contributed by atoms with van der Waals surface area (Å²) in [4.78, 5) is 12.8. The summed E-state index contributed by atoms with van der Waals surface area (Å²) >= 11 is 0. The van der Waals surface area contributed by atoms with Crippen molar-refractivity contribution in [2.45, 2.75) is 198 Å². The third kappa shape index (κ3) is 26.9. The van der Waals surface area contributed by atoms with Gasteiger partial charge in [0.15, 0.2) is 6.29 Å². The van der Waals surface area contributed by atoms with E-state index in [4.69, 9.17) is 23.5 Å². The van der Waals surface area contributed by atoms with Crippen LogP contribution in [0.4, 0.5) is 0 Å². The number of hydrogen-bond donors (Lipinski definition) is 4. The molecule has 4 N–H and O–H groups in total. The smallest absolute Gasteiger partial charge is 0.397 e. The first-order valence-corrected chi connectivity index (χ1v) is 22.0. The molecular weight excluding hydrogens is 704 g/mol. The maximum atomic E-state index is 12.8. The fourth-order valence-electron chi connectivity index (χ4n) is 6.17. The number of carbonyl (C=O) groups is 1. The Labute approximate surface area is 321 Å². The van der Waals surface area contributed by atoms with E-state index in [0.29, 0.717) is 13.0 Å². The molecule has 1 aliphatic rings. The van der Waals surface area contributed by atoms with Gasteiger partial charge in [-0.05, 0) is 44.9 Å². The predicted molar refractivity (Wildman–Crippen MR) is 207 cm³/mol. The highest BCUT2D eigenvalue weighted by Gasteiger charge is 2.48. The van der Waals surface area contributed by atoms with Gasteiger partial charge in [-0.2, -0.15) is 8.42 Å². The van der Waals surface area contributed by atoms with Gasteiger partial charge in [-0.1, -0.05) is 134 Å². The van der Waals surface area contributed by atoms with Gasteiger partial charge in [-0.15, -0.1) is 0 Å². The Morgan fingerprint density at radius 3 is 1.81 bits per heavy atom. The molecule has 1 saturated heterocycles. The number of hydrogen-bond acceptors (Lipinski definition) is 11. The molecule has 12 nitrogen and oxygen atoms in total. The van der Waals surface area contributed by atoms with Crippen molar-refractivity contribution in [2.24, 2.45) is 0 Å². The van der Waals surface area contributed by atoms with Crippen LogP contribution in [0, 0.1) is 0 Å². The second-order valence-corrected chi connectivity index (χ2v) is 15.3. The topological polar surface area (TPSA) is 178 Å². The van der Waals surface area contributed by atoms with E-state index in [0.717, 1.165) is 57.8 Å². The third-order valence-electron chi connectivity index (χ3n) is 9.33. The van der Waals surface area contributed by atoms with E-state index in [1.54, 1.807) is 0 Å². The van der Waals surface area contributed by atoms with Crippen molar-refractivity contribution in [1.82, 2.24) is 0 Å². The molecule has 0 saturated carbocycles. The Kier molecular flexibility index (Phi) is 30.7. The van der Waals surface area contributed by atoms with Crippen LogP contribution in [0.15, 0.2) is 24.3 Å². The highest BCUT2D eigenvalue weighted by atomic mass is 32.3. The molecule has 53 heavy (non-hydrogen) atoms. The van der Waals surface area contributed by atoms with E-state index in [1.807, 2.05) is 0 Å². The molecule has 0 aromatic carbocycles. The minimum Gasteiger partial charge on any atom is -0.457 e. The van der Waals surface area contributed by atoms with Crippen LogP contribution < -0.4 is 0 Å². The predicted octanol–water partition coefficient (Wildman–Crippen LogP) is 7.68. The van der Waals surface area contributed by atoms with Crippen molar-refractivity contribution >= 4 is 16.4 Å². The summed E-state index contributed by atoms with van der Waals surface area (Å²) < 4.78 is 58.8. The highest BCUT2D eigenvalue weighted by molar-refractivity contribution is 7.80. The monoisotopic (exact) mass is 778 g/mol. The quantitative estimate of drug-likeness (QED) is 0.0214. The zero-order chi connectivity index (χ0) is 39.0. The van der Waals surface area contributed by atoms with Crippen LogP contribution >= 0.6 is 0 Å². The lowest BCUT2D eigenvalue weighted by atomic mass is 9.99. The summed E-state index contributed by atoms with van der Waals surface area (Å²) in [5.41, 5.74) is 0. The number of esters is 1. The summed E-state index contributed by atoms with van der Waals surface area (Å²) in [5, 5.41) is 30.5. The third-order valence-corrected chi connectivity index (χ3v) is 9.79. The van der Waals surface area contributed by atoms with Crippen molar-refractivity contribution in [1.29, 1.82) is 0 Å². The van der Waals surface area contributed by atoms with Gasteiger partial charge in [-0.3, -0.25) is 9.35 Å². The molecule has 6 unspecified atom stereocenters. The zero-order valence-corrected chi connectivity index (χ0v) is 33.6. The fraction of sp³-hybridized carbons (Fsp3) is 0.875. The number of allylic oxidation sites excluding steroid dienone is 4. The van der Waals surface area contributed by atoms with Crippen LogP contribution in [0.3, 0.4) is 0 Å². The Morgan fingerprint density at radius 2 is 1.25 bits per heavy atom. The van der Waals surface area contributed by atoms with E-state index in [-0.39, 0.29) is 19.6 Å². The summed E-state index contributed by atoms with van der Waals surface area (Å²) in [5.74, 6) is -0.413. The van der Waals surface area contributed by atoms with E-state index in [9.17, 15) is 28.5 Å². The van der Waals surface area contributed by atoms with Gasteiger partial charge in [0.2, 0.25) is 0 Å². The van der Waals surface area contributed by atoms with E-state index >= 15 is 0 Å². The first-order chi connectivity index (χ1) is 25.6. The lowest BCUT2D eigenvalue weighted by Crippen LogP contribution is -2.60. The number of aliphatic hydroxyl groups excluding tert-OH is 3. The average molecular weight is 779 g/mol. The van der Waals surface area contributed by atoms with Crippen LogP contribution in [0.5, 0.6) is 0 Å². The highest BCUT2D eigenvalue weighted by Crippen LogP contribution is 2.26. The fourth-order valence-corrected chi connectivity index (χ4v) is 6.68. The maximum absolute atomic E-state index is 12.8. The summed E-state index contributed by atoms with van der Waals surface area (Å²) in [6.45, 7) is 3.93. The van der Waals surface area contributed by atoms with E-state index in [2.05, 4.69) is 42.3 Å². The average Bonchev–Trinajstić information content (AvgIpc) is 3.12. The van der Waals surface area contributed by atoms with Gasteiger partial charge in [0.25, 0.3) is 0 Å². The molecule has 0 bridgehead atoms. The largest absolute Gasteiger partial charge is 0.457 e. The van der Waals surface area contributed by atoms with Gasteiger partial charge in [0.1, 0.15) is 30.5 Å². The van der Waals surface area contributed by atoms with Gasteiger partial charge >= 0.3 is 16.4 Å². The molecule has 312 valence electrons. The molecule has 0 aromatic rings. The number of aliphatic hydroxyl groups is 3. The number of rotatable bonds is 35. The van der Waals surface area contributed by atoms with Gasteiger partial charge in [0.05, 0.1) is 19.8 Å². The standard InChI is InChI=1S/C40H74O12S/c1-3-5-7-9-11-13-15-16-17-18-19-20-21-23-25-27-29-36(42)50-34(32-48-30-28-26-24-22-14-12-10-8-6-4-2)33-49-40-38(44)39(52-53(45,46)47)37(43)35(31-41)51-40/h13,15,17-18,34-35,37-41,43-44H,3-12,14,16,19-33H2,1-2H3,(H,45,46,47)/b15-13-,18-17-. The molecular formula is C40H74O12S. The Bertz CT molecular complexity index is 1040. The van der Waals surface area contributed by atoms with Crippen LogP contribution in [0.25, 0.3) is 0 Å². The molecule has 6 atom stereocenters. The van der Waals surface area contributed by atoms with Crippen LogP contribution in [-0.4, -0.2) is 97.5 Å². The van der Waals surface area contributed by atoms with Crippen LogP contribution in [0.2, 0.25) is 0 Å². The number of ether oxygens (including phenoxy) is 4. The van der Waals surface area contributed by atoms with Crippen molar-refractivity contribution in [3.05, 3.63) is 24.3 Å². The van der Waals surface area contributed by atoms with Gasteiger partial charge in [-0.25, -0.2) is 4.18 Å². The Balaban J connectivity index is 2.48. The first-order valence-electron chi connectivity index (χ1n) is 20.6. The lowest BCUT2D eigenvalue weighted by molar-refractivity contribution is -0.301. The van der Waals surface area contributed by atoms with Crippen molar-refractivity contribution < 1.29 is 56.2 Å². The lowest BCUT2D eigenvalue weighted by Gasteiger charge is -2.41. The minimum absolute atomic E-state index is 0.0330. The normalized spacial score (nSPS) is 21.5. The second-order valence-electron chi connectivity index (χ2n) is 14.2. The molecule has 0 radical (unpaired) electrons. The van der Waals surface area contributed by atoms with Gasteiger partial charge in [0, 0.05) is 13.0 Å². The minimum atomic E-state index is -5.06. The molecule has 0 aliphatic carbocycles. The Morgan fingerprint density at radius 1 is 0.717 bits per heavy atom. The molecule has 1 fully saturated rings. The van der Waals surface area contributed by atoms with Crippen molar-refractivity contribution in [2.75, 3.05) is 26.4 Å². The van der Waals surface area contributed by atoms with E-state index < -0.39 is 59.8 Å². The zero-order valence-electron chi connectivity index (χ0n) is 32.8. The molecule has 0 aromatic heterocycles. The molecule has 1 rings (SSSR count). The van der Waals surface area contributed by atoms with Gasteiger partial charge < -0.3 is 34.3 Å². The van der Waals surface area contributed by atoms with Crippen molar-refractivity contribution in [3.8, 4) is 0 Å². The van der Waals surface area contributed by atoms with Crippen molar-refractivity contribution in [3.63, 3.8) is 0 Å². The molecule has 1 heterocycles. The molecule has 13 heteroatoms. The maximum Gasteiger partial charge on any atom is 0.397 e. The number of unbranched alkanes of at least 4 members (excludes halogenated alkanes) is 18. The molecule has 0 spiro atoms. The second kappa shape index (κ2) is 32.8. The number of carbonyl (C=O) groups excluding carboxylic acids is 1. The molecule has 1 aliphatic heterocycles. The summed E-state index contributed by atoms with van der Waals surface area (Å²) in [6, 6.07) is 0. The summed E-state index contributed by atoms with van der Waals surface area (Å²) in [6.07, 6.45) is 25.0. The van der Waals surface area contributed by atoms with Crippen LogP contribution in [0.1, 0.15) is 162 Å².